The Balaban J connectivity index is 2.05. The number of para-hydroxylation sites is 1. The largest absolute Gasteiger partial charge is 0.493 e. The minimum atomic E-state index is -0.927. The SMILES string of the molecule is COc1cc(-c2nnc(SCCC(=O)NC(N)=O)n2-c2ccccc2F)cc(OC)c1OC. The first-order valence-electron chi connectivity index (χ1n) is 9.62. The van der Waals surface area contributed by atoms with Gasteiger partial charge < -0.3 is 19.9 Å². The highest BCUT2D eigenvalue weighted by Crippen LogP contribution is 2.41. The highest BCUT2D eigenvalue weighted by molar-refractivity contribution is 7.99. The molecule has 0 aliphatic rings. The van der Waals surface area contributed by atoms with E-state index in [1.807, 2.05) is 5.32 Å². The van der Waals surface area contributed by atoms with Gasteiger partial charge >= 0.3 is 6.03 Å². The molecule has 3 rings (SSSR count). The molecule has 0 atom stereocenters. The number of urea groups is 1. The van der Waals surface area contributed by atoms with Crippen molar-refractivity contribution >= 4 is 23.7 Å². The third-order valence-corrected chi connectivity index (χ3v) is 5.40. The van der Waals surface area contributed by atoms with Crippen LogP contribution in [0.5, 0.6) is 17.2 Å². The van der Waals surface area contributed by atoms with Crippen molar-refractivity contribution in [2.75, 3.05) is 27.1 Å². The highest BCUT2D eigenvalue weighted by Gasteiger charge is 2.22. The van der Waals surface area contributed by atoms with Crippen LogP contribution in [-0.2, 0) is 4.79 Å². The molecular formula is C21H22FN5O5S. The summed E-state index contributed by atoms with van der Waals surface area (Å²) in [5.41, 5.74) is 5.71. The molecule has 0 spiro atoms. The number of carbonyl (C=O) groups excluding carboxylic acids is 2. The molecule has 0 saturated carbocycles. The molecule has 0 unspecified atom stereocenters. The van der Waals surface area contributed by atoms with Crippen molar-refractivity contribution in [1.29, 1.82) is 0 Å². The number of halogens is 1. The standard InChI is InChI=1S/C21H22FN5O5S/c1-30-15-10-12(11-16(31-2)18(15)32-3)19-25-26-21(33-9-8-17(28)24-20(23)29)27(19)14-7-5-4-6-13(14)22/h4-7,10-11H,8-9H2,1-3H3,(H3,23,24,28,29). The molecule has 0 aliphatic carbocycles. The summed E-state index contributed by atoms with van der Waals surface area (Å²) in [5, 5.41) is 10.8. The summed E-state index contributed by atoms with van der Waals surface area (Å²) in [6.45, 7) is 0. The third kappa shape index (κ3) is 5.34. The van der Waals surface area contributed by atoms with Crippen molar-refractivity contribution in [3.63, 3.8) is 0 Å². The predicted octanol–water partition coefficient (Wildman–Crippen LogP) is 2.78. The van der Waals surface area contributed by atoms with E-state index in [2.05, 4.69) is 10.2 Å². The number of methoxy groups -OCH3 is 3. The second-order valence-corrected chi connectivity index (χ2v) is 7.58. The number of benzene rings is 2. The summed E-state index contributed by atoms with van der Waals surface area (Å²) in [5.74, 6) is 0.746. The zero-order valence-electron chi connectivity index (χ0n) is 18.1. The van der Waals surface area contributed by atoms with Crippen LogP contribution < -0.4 is 25.3 Å². The predicted molar refractivity (Wildman–Crippen MR) is 119 cm³/mol. The smallest absolute Gasteiger partial charge is 0.318 e. The van der Waals surface area contributed by atoms with Gasteiger partial charge in [0, 0.05) is 17.7 Å². The van der Waals surface area contributed by atoms with Crippen LogP contribution in [0.3, 0.4) is 0 Å². The van der Waals surface area contributed by atoms with Crippen molar-refractivity contribution in [2.45, 2.75) is 11.6 Å². The van der Waals surface area contributed by atoms with E-state index in [1.54, 1.807) is 30.3 Å². The molecule has 3 aromatic rings. The van der Waals surface area contributed by atoms with Gasteiger partial charge in [0.1, 0.15) is 5.82 Å². The van der Waals surface area contributed by atoms with Gasteiger partial charge in [0.25, 0.3) is 0 Å². The third-order valence-electron chi connectivity index (χ3n) is 4.47. The summed E-state index contributed by atoms with van der Waals surface area (Å²) in [6, 6.07) is 8.60. The molecule has 0 bridgehead atoms. The zero-order chi connectivity index (χ0) is 24.0. The number of aromatic nitrogens is 3. The van der Waals surface area contributed by atoms with E-state index in [-0.39, 0.29) is 17.9 Å². The normalized spacial score (nSPS) is 10.5. The minimum Gasteiger partial charge on any atom is -0.493 e. The molecule has 174 valence electrons. The van der Waals surface area contributed by atoms with Gasteiger partial charge in [0.15, 0.2) is 22.5 Å². The van der Waals surface area contributed by atoms with E-state index >= 15 is 0 Å². The van der Waals surface area contributed by atoms with Gasteiger partial charge in [-0.05, 0) is 24.3 Å². The van der Waals surface area contributed by atoms with Crippen LogP contribution in [0.25, 0.3) is 17.1 Å². The number of hydrogen-bond acceptors (Lipinski definition) is 8. The molecule has 2 aromatic carbocycles. The van der Waals surface area contributed by atoms with Gasteiger partial charge in [-0.1, -0.05) is 23.9 Å². The van der Waals surface area contributed by atoms with E-state index in [0.29, 0.717) is 33.8 Å². The first-order chi connectivity index (χ1) is 15.9. The monoisotopic (exact) mass is 475 g/mol. The average Bonchev–Trinajstić information content (AvgIpc) is 3.21. The Morgan fingerprint density at radius 3 is 2.33 bits per heavy atom. The number of rotatable bonds is 9. The first-order valence-corrected chi connectivity index (χ1v) is 10.6. The number of amides is 3. The Labute approximate surface area is 193 Å². The van der Waals surface area contributed by atoms with Crippen LogP contribution in [0.4, 0.5) is 9.18 Å². The van der Waals surface area contributed by atoms with E-state index in [4.69, 9.17) is 19.9 Å². The zero-order valence-corrected chi connectivity index (χ0v) is 18.9. The van der Waals surface area contributed by atoms with Crippen LogP contribution in [0.1, 0.15) is 6.42 Å². The lowest BCUT2D eigenvalue weighted by molar-refractivity contribution is -0.119. The number of imide groups is 1. The molecule has 12 heteroatoms. The number of carbonyl (C=O) groups is 2. The second kappa shape index (κ2) is 10.7. The average molecular weight is 476 g/mol. The van der Waals surface area contributed by atoms with Gasteiger partial charge in [-0.3, -0.25) is 14.7 Å². The van der Waals surface area contributed by atoms with E-state index in [1.165, 1.54) is 43.7 Å². The van der Waals surface area contributed by atoms with Crippen LogP contribution in [0, 0.1) is 5.82 Å². The molecule has 1 aromatic heterocycles. The number of nitrogens with two attached hydrogens (primary N) is 1. The minimum absolute atomic E-state index is 0.00272. The van der Waals surface area contributed by atoms with Gasteiger partial charge in [0.2, 0.25) is 11.7 Å². The Bertz CT molecular complexity index is 1140. The lowest BCUT2D eigenvalue weighted by atomic mass is 10.1. The van der Waals surface area contributed by atoms with Crippen molar-refractivity contribution < 1.29 is 28.2 Å². The summed E-state index contributed by atoms with van der Waals surface area (Å²) in [6.07, 6.45) is -0.00272. The maximum Gasteiger partial charge on any atom is 0.318 e. The summed E-state index contributed by atoms with van der Waals surface area (Å²) >= 11 is 1.17. The molecule has 0 saturated heterocycles. The topological polar surface area (TPSA) is 131 Å². The number of thioether (sulfide) groups is 1. The van der Waals surface area contributed by atoms with Crippen molar-refractivity contribution in [3.8, 4) is 34.3 Å². The lowest BCUT2D eigenvalue weighted by Crippen LogP contribution is -2.35. The molecule has 3 amide bonds. The van der Waals surface area contributed by atoms with Gasteiger partial charge in [-0.15, -0.1) is 10.2 Å². The van der Waals surface area contributed by atoms with Gasteiger partial charge in [-0.25, -0.2) is 9.18 Å². The quantitative estimate of drug-likeness (QED) is 0.452. The van der Waals surface area contributed by atoms with Crippen molar-refractivity contribution in [1.82, 2.24) is 20.1 Å². The van der Waals surface area contributed by atoms with E-state index in [0.717, 1.165) is 0 Å². The second-order valence-electron chi connectivity index (χ2n) is 6.52. The number of nitrogens with one attached hydrogen (secondary N) is 1. The van der Waals surface area contributed by atoms with Crippen LogP contribution >= 0.6 is 11.8 Å². The van der Waals surface area contributed by atoms with Crippen LogP contribution in [0.15, 0.2) is 41.6 Å². The number of ether oxygens (including phenoxy) is 3. The Hall–Kier alpha value is -3.80. The van der Waals surface area contributed by atoms with Gasteiger partial charge in [-0.2, -0.15) is 0 Å². The highest BCUT2D eigenvalue weighted by atomic mass is 32.2. The fourth-order valence-electron chi connectivity index (χ4n) is 3.05. The van der Waals surface area contributed by atoms with Crippen LogP contribution in [-0.4, -0.2) is 53.8 Å². The molecule has 10 nitrogen and oxygen atoms in total. The maximum atomic E-state index is 14.8. The molecule has 33 heavy (non-hydrogen) atoms. The Kier molecular flexibility index (Phi) is 7.72. The molecule has 0 aliphatic heterocycles. The Morgan fingerprint density at radius 1 is 1.09 bits per heavy atom. The summed E-state index contributed by atoms with van der Waals surface area (Å²) in [7, 11) is 4.47. The van der Waals surface area contributed by atoms with Crippen molar-refractivity contribution in [2.24, 2.45) is 5.73 Å². The summed E-state index contributed by atoms with van der Waals surface area (Å²) < 4.78 is 32.5. The van der Waals surface area contributed by atoms with Crippen molar-refractivity contribution in [3.05, 3.63) is 42.2 Å². The first kappa shape index (κ1) is 23.9. The van der Waals surface area contributed by atoms with Gasteiger partial charge in [0.05, 0.1) is 27.0 Å². The maximum absolute atomic E-state index is 14.8. The summed E-state index contributed by atoms with van der Waals surface area (Å²) in [4.78, 5) is 22.5. The number of nitrogens with zero attached hydrogens (tertiary/aromatic N) is 3. The fourth-order valence-corrected chi connectivity index (χ4v) is 3.93. The van der Waals surface area contributed by atoms with E-state index < -0.39 is 17.8 Å². The molecular weight excluding hydrogens is 453 g/mol. The van der Waals surface area contributed by atoms with E-state index in [9.17, 15) is 14.0 Å². The molecule has 3 N–H and O–H groups in total. The lowest BCUT2D eigenvalue weighted by Gasteiger charge is -2.15. The fraction of sp³-hybridized carbons (Fsp3) is 0.238. The number of primary amides is 1. The molecule has 0 radical (unpaired) electrons. The molecule has 1 heterocycles. The van der Waals surface area contributed by atoms with Crippen LogP contribution in [0.2, 0.25) is 0 Å². The molecule has 0 fully saturated rings. The number of hydrogen-bond donors (Lipinski definition) is 2. The Morgan fingerprint density at radius 2 is 1.76 bits per heavy atom.